The molecule has 9 nitrogen and oxygen atoms in total. The SMILES string of the molecule is O=C(COC(=O)CNC(=O)c1ccc(F)cc1)Nc1nnc(-c2ccccc2)o1. The van der Waals surface area contributed by atoms with Gasteiger partial charge in [-0.05, 0) is 36.4 Å². The molecule has 0 saturated carbocycles. The molecule has 0 aliphatic rings. The van der Waals surface area contributed by atoms with Gasteiger partial charge in [-0.2, -0.15) is 0 Å². The van der Waals surface area contributed by atoms with Crippen LogP contribution in [0.25, 0.3) is 11.5 Å². The van der Waals surface area contributed by atoms with Crippen molar-refractivity contribution in [3.8, 4) is 11.5 Å². The molecule has 0 aliphatic heterocycles. The number of carbonyl (C=O) groups excluding carboxylic acids is 3. The summed E-state index contributed by atoms with van der Waals surface area (Å²) in [5.74, 6) is -2.35. The predicted molar refractivity (Wildman–Crippen MR) is 98.1 cm³/mol. The Bertz CT molecular complexity index is 1000. The zero-order valence-corrected chi connectivity index (χ0v) is 14.9. The van der Waals surface area contributed by atoms with Gasteiger partial charge < -0.3 is 14.5 Å². The number of esters is 1. The molecule has 1 aromatic heterocycles. The van der Waals surface area contributed by atoms with Crippen LogP contribution in [0.3, 0.4) is 0 Å². The lowest BCUT2D eigenvalue weighted by Gasteiger charge is -2.06. The highest BCUT2D eigenvalue weighted by molar-refractivity contribution is 5.96. The van der Waals surface area contributed by atoms with Crippen molar-refractivity contribution in [1.29, 1.82) is 0 Å². The number of hydrogen-bond acceptors (Lipinski definition) is 7. The molecule has 2 amide bonds. The first kappa shape index (κ1) is 19.7. The zero-order valence-electron chi connectivity index (χ0n) is 14.9. The number of benzene rings is 2. The summed E-state index contributed by atoms with van der Waals surface area (Å²) >= 11 is 0. The van der Waals surface area contributed by atoms with Crippen molar-refractivity contribution in [2.24, 2.45) is 0 Å². The lowest BCUT2D eigenvalue weighted by Crippen LogP contribution is -2.32. The van der Waals surface area contributed by atoms with Crippen LogP contribution in [0.2, 0.25) is 0 Å². The number of anilines is 1. The van der Waals surface area contributed by atoms with Crippen LogP contribution in [-0.4, -0.2) is 41.1 Å². The van der Waals surface area contributed by atoms with Crippen LogP contribution < -0.4 is 10.6 Å². The topological polar surface area (TPSA) is 123 Å². The Morgan fingerprint density at radius 3 is 2.45 bits per heavy atom. The van der Waals surface area contributed by atoms with Gasteiger partial charge in [-0.15, -0.1) is 5.10 Å². The lowest BCUT2D eigenvalue weighted by molar-refractivity contribution is -0.146. The minimum Gasteiger partial charge on any atom is -0.454 e. The Morgan fingerprint density at radius 1 is 1.00 bits per heavy atom. The fraction of sp³-hybridized carbons (Fsp3) is 0.105. The first-order valence-electron chi connectivity index (χ1n) is 8.39. The second kappa shape index (κ2) is 9.22. The molecule has 0 radical (unpaired) electrons. The molecule has 29 heavy (non-hydrogen) atoms. The summed E-state index contributed by atoms with van der Waals surface area (Å²) in [7, 11) is 0. The van der Waals surface area contributed by atoms with Crippen molar-refractivity contribution in [2.75, 3.05) is 18.5 Å². The second-order valence-electron chi connectivity index (χ2n) is 5.68. The highest BCUT2D eigenvalue weighted by Crippen LogP contribution is 2.18. The molecule has 0 unspecified atom stereocenters. The van der Waals surface area contributed by atoms with Gasteiger partial charge in [0.15, 0.2) is 6.61 Å². The molecule has 0 bridgehead atoms. The summed E-state index contributed by atoms with van der Waals surface area (Å²) in [5, 5.41) is 12.1. The van der Waals surface area contributed by atoms with E-state index < -0.39 is 36.8 Å². The number of nitrogens with zero attached hydrogens (tertiary/aromatic N) is 2. The maximum absolute atomic E-state index is 12.8. The molecule has 0 aliphatic carbocycles. The van der Waals surface area contributed by atoms with Crippen molar-refractivity contribution < 1.29 is 27.9 Å². The molecular weight excluding hydrogens is 383 g/mol. The van der Waals surface area contributed by atoms with Gasteiger partial charge in [-0.1, -0.05) is 23.3 Å². The van der Waals surface area contributed by atoms with Gasteiger partial charge in [0.2, 0.25) is 5.89 Å². The molecule has 148 valence electrons. The Balaban J connectivity index is 1.41. The van der Waals surface area contributed by atoms with Crippen LogP contribution in [0.15, 0.2) is 59.0 Å². The number of amides is 2. The molecular formula is C19H15FN4O5. The number of nitrogens with one attached hydrogen (secondary N) is 2. The molecule has 1 heterocycles. The predicted octanol–water partition coefficient (Wildman–Crippen LogP) is 1.79. The van der Waals surface area contributed by atoms with E-state index in [0.717, 1.165) is 12.1 Å². The van der Waals surface area contributed by atoms with E-state index in [2.05, 4.69) is 20.8 Å². The van der Waals surface area contributed by atoms with Crippen molar-refractivity contribution in [3.05, 3.63) is 66.0 Å². The van der Waals surface area contributed by atoms with Crippen molar-refractivity contribution in [2.45, 2.75) is 0 Å². The molecule has 3 rings (SSSR count). The van der Waals surface area contributed by atoms with Gasteiger partial charge in [0.1, 0.15) is 12.4 Å². The Morgan fingerprint density at radius 2 is 1.72 bits per heavy atom. The fourth-order valence-electron chi connectivity index (χ4n) is 2.18. The molecule has 3 aromatic rings. The largest absolute Gasteiger partial charge is 0.454 e. The summed E-state index contributed by atoms with van der Waals surface area (Å²) < 4.78 is 22.9. The van der Waals surface area contributed by atoms with E-state index in [1.807, 2.05) is 6.07 Å². The fourth-order valence-corrected chi connectivity index (χ4v) is 2.18. The van der Waals surface area contributed by atoms with Gasteiger partial charge >= 0.3 is 12.0 Å². The number of rotatable bonds is 7. The van der Waals surface area contributed by atoms with E-state index in [4.69, 9.17) is 9.15 Å². The third-order valence-electron chi connectivity index (χ3n) is 3.56. The molecule has 10 heteroatoms. The monoisotopic (exact) mass is 398 g/mol. The molecule has 0 saturated heterocycles. The number of aromatic nitrogens is 2. The normalized spacial score (nSPS) is 10.2. The second-order valence-corrected chi connectivity index (χ2v) is 5.68. The molecule has 0 atom stereocenters. The van der Waals surface area contributed by atoms with Crippen LogP contribution in [0, 0.1) is 5.82 Å². The third-order valence-corrected chi connectivity index (χ3v) is 3.56. The van der Waals surface area contributed by atoms with E-state index in [9.17, 15) is 18.8 Å². The van der Waals surface area contributed by atoms with Crippen LogP contribution in [0.5, 0.6) is 0 Å². The van der Waals surface area contributed by atoms with E-state index in [0.29, 0.717) is 5.56 Å². The number of carbonyl (C=O) groups is 3. The third kappa shape index (κ3) is 5.70. The van der Waals surface area contributed by atoms with Crippen LogP contribution in [0.1, 0.15) is 10.4 Å². The first-order chi connectivity index (χ1) is 14.0. The Kier molecular flexibility index (Phi) is 6.25. The van der Waals surface area contributed by atoms with Gasteiger partial charge in [0.05, 0.1) is 0 Å². The molecule has 0 spiro atoms. The smallest absolute Gasteiger partial charge is 0.325 e. The first-order valence-corrected chi connectivity index (χ1v) is 8.39. The van der Waals surface area contributed by atoms with Crippen LogP contribution in [-0.2, 0) is 14.3 Å². The van der Waals surface area contributed by atoms with E-state index >= 15 is 0 Å². The van der Waals surface area contributed by atoms with E-state index in [1.165, 1.54) is 12.1 Å². The molecule has 2 aromatic carbocycles. The highest BCUT2D eigenvalue weighted by Gasteiger charge is 2.14. The van der Waals surface area contributed by atoms with Crippen molar-refractivity contribution >= 4 is 23.8 Å². The van der Waals surface area contributed by atoms with Gasteiger partial charge in [-0.25, -0.2) is 4.39 Å². The van der Waals surface area contributed by atoms with E-state index in [1.54, 1.807) is 24.3 Å². The van der Waals surface area contributed by atoms with Gasteiger partial charge in [0.25, 0.3) is 11.8 Å². The maximum Gasteiger partial charge on any atom is 0.325 e. The van der Waals surface area contributed by atoms with Crippen molar-refractivity contribution in [3.63, 3.8) is 0 Å². The average Bonchev–Trinajstić information content (AvgIpc) is 3.20. The minimum atomic E-state index is -0.828. The Hall–Kier alpha value is -4.08. The minimum absolute atomic E-state index is 0.144. The summed E-state index contributed by atoms with van der Waals surface area (Å²) in [5.41, 5.74) is 0.867. The summed E-state index contributed by atoms with van der Waals surface area (Å²) in [4.78, 5) is 35.3. The van der Waals surface area contributed by atoms with Crippen molar-refractivity contribution in [1.82, 2.24) is 15.5 Å². The average molecular weight is 398 g/mol. The van der Waals surface area contributed by atoms with Crippen LogP contribution in [0.4, 0.5) is 10.4 Å². The Labute approximate surface area is 163 Å². The summed E-state index contributed by atoms with van der Waals surface area (Å²) in [6.45, 7) is -1.06. The maximum atomic E-state index is 12.8. The summed E-state index contributed by atoms with van der Waals surface area (Å²) in [6, 6.07) is 13.6. The lowest BCUT2D eigenvalue weighted by atomic mass is 10.2. The quantitative estimate of drug-likeness (QED) is 0.582. The standard InChI is InChI=1S/C19H15FN4O5/c20-14-8-6-12(7-9-14)17(27)21-10-16(26)28-11-15(25)22-19-24-23-18(29-19)13-4-2-1-3-5-13/h1-9H,10-11H2,(H,21,27)(H,22,24,25). The van der Waals surface area contributed by atoms with Gasteiger partial charge in [0, 0.05) is 11.1 Å². The number of hydrogen-bond donors (Lipinski definition) is 2. The van der Waals surface area contributed by atoms with Gasteiger partial charge in [-0.3, -0.25) is 19.7 Å². The number of halogens is 1. The summed E-state index contributed by atoms with van der Waals surface area (Å²) in [6.07, 6.45) is 0. The highest BCUT2D eigenvalue weighted by atomic mass is 19.1. The van der Waals surface area contributed by atoms with Crippen LogP contribution >= 0.6 is 0 Å². The van der Waals surface area contributed by atoms with E-state index in [-0.39, 0.29) is 17.5 Å². The molecule has 2 N–H and O–H groups in total. The number of ether oxygens (including phenoxy) is 1. The molecule has 0 fully saturated rings. The zero-order chi connectivity index (χ0) is 20.6.